The van der Waals surface area contributed by atoms with Crippen LogP contribution in [0.4, 0.5) is 5.69 Å². The molecule has 0 aliphatic carbocycles. The number of hydrogen-bond acceptors (Lipinski definition) is 3. The van der Waals surface area contributed by atoms with Gasteiger partial charge in [-0.2, -0.15) is 5.10 Å². The molecule has 0 bridgehead atoms. The van der Waals surface area contributed by atoms with Crippen LogP contribution in [0.3, 0.4) is 0 Å². The van der Waals surface area contributed by atoms with Crippen molar-refractivity contribution in [2.75, 3.05) is 7.11 Å². The van der Waals surface area contributed by atoms with Gasteiger partial charge in [-0.15, -0.1) is 0 Å². The van der Waals surface area contributed by atoms with E-state index in [0.29, 0.717) is 0 Å². The molecule has 1 aromatic carbocycles. The third-order valence-corrected chi connectivity index (χ3v) is 2.70. The third kappa shape index (κ3) is 2.36. The van der Waals surface area contributed by atoms with Crippen molar-refractivity contribution in [3.05, 3.63) is 41.7 Å². The molecule has 0 spiro atoms. The number of hydrogen-bond donors (Lipinski definition) is 0. The molecule has 1 heterocycles. The van der Waals surface area contributed by atoms with Crippen molar-refractivity contribution >= 4 is 11.9 Å². The highest BCUT2D eigenvalue weighted by molar-refractivity contribution is 5.83. The Hall–Kier alpha value is -2.10. The molecular weight excluding hydrogens is 214 g/mol. The van der Waals surface area contributed by atoms with E-state index in [1.54, 1.807) is 19.5 Å². The first kappa shape index (κ1) is 11.4. The lowest BCUT2D eigenvalue weighted by Gasteiger charge is -2.02. The lowest BCUT2D eigenvalue weighted by Crippen LogP contribution is -1.93. The minimum absolute atomic E-state index is 0.769. The largest absolute Gasteiger partial charge is 0.494 e. The summed E-state index contributed by atoms with van der Waals surface area (Å²) in [4.78, 5) is 4.42. The van der Waals surface area contributed by atoms with E-state index in [1.165, 1.54) is 0 Å². The number of benzene rings is 1. The Bertz CT molecular complexity index is 543. The monoisotopic (exact) mass is 229 g/mol. The second-order valence-electron chi connectivity index (χ2n) is 3.74. The molecule has 0 radical (unpaired) electrons. The van der Waals surface area contributed by atoms with Crippen LogP contribution < -0.4 is 4.74 Å². The number of methoxy groups -OCH3 is 1. The molecule has 0 amide bonds. The van der Waals surface area contributed by atoms with E-state index in [4.69, 9.17) is 4.74 Å². The van der Waals surface area contributed by atoms with Crippen LogP contribution in [0.2, 0.25) is 0 Å². The zero-order chi connectivity index (χ0) is 12.3. The normalized spacial score (nSPS) is 11.0. The lowest BCUT2D eigenvalue weighted by atomic mass is 10.2. The number of rotatable bonds is 3. The van der Waals surface area contributed by atoms with Gasteiger partial charge in [0.05, 0.1) is 13.3 Å². The first-order chi connectivity index (χ1) is 8.22. The Morgan fingerprint density at radius 3 is 2.76 bits per heavy atom. The average molecular weight is 229 g/mol. The predicted molar refractivity (Wildman–Crippen MR) is 68.2 cm³/mol. The molecule has 0 aliphatic rings. The number of nitrogens with zero attached hydrogens (tertiary/aromatic N) is 3. The predicted octanol–water partition coefficient (Wildman–Crippen LogP) is 2.49. The summed E-state index contributed by atoms with van der Waals surface area (Å²) in [5, 5.41) is 4.17. The zero-order valence-electron chi connectivity index (χ0n) is 10.2. The molecule has 0 saturated carbocycles. The minimum Gasteiger partial charge on any atom is -0.494 e. The van der Waals surface area contributed by atoms with Crippen LogP contribution in [-0.2, 0) is 7.05 Å². The Kier molecular flexibility index (Phi) is 3.23. The van der Waals surface area contributed by atoms with Gasteiger partial charge in [-0.1, -0.05) is 12.1 Å². The van der Waals surface area contributed by atoms with Crippen LogP contribution in [0.15, 0.2) is 35.5 Å². The summed E-state index contributed by atoms with van der Waals surface area (Å²) < 4.78 is 7.06. The van der Waals surface area contributed by atoms with Crippen molar-refractivity contribution in [1.82, 2.24) is 9.78 Å². The molecule has 0 saturated heterocycles. The second-order valence-corrected chi connectivity index (χ2v) is 3.74. The van der Waals surface area contributed by atoms with Gasteiger partial charge in [-0.3, -0.25) is 9.67 Å². The smallest absolute Gasteiger partial charge is 0.144 e. The van der Waals surface area contributed by atoms with Crippen molar-refractivity contribution in [2.45, 2.75) is 6.92 Å². The molecule has 0 unspecified atom stereocenters. The van der Waals surface area contributed by atoms with E-state index in [9.17, 15) is 0 Å². The van der Waals surface area contributed by atoms with Gasteiger partial charge in [0.1, 0.15) is 11.4 Å². The molecular formula is C13H15N3O. The van der Waals surface area contributed by atoms with E-state index in [0.717, 1.165) is 22.7 Å². The van der Waals surface area contributed by atoms with Gasteiger partial charge in [0.15, 0.2) is 0 Å². The molecule has 0 atom stereocenters. The summed E-state index contributed by atoms with van der Waals surface area (Å²) in [7, 11) is 3.56. The molecule has 4 nitrogen and oxygen atoms in total. The van der Waals surface area contributed by atoms with Crippen LogP contribution in [0.1, 0.15) is 11.3 Å². The maximum Gasteiger partial charge on any atom is 0.144 e. The molecule has 2 aromatic rings. The lowest BCUT2D eigenvalue weighted by molar-refractivity contribution is 0.416. The average Bonchev–Trinajstić information content (AvgIpc) is 2.68. The first-order valence-corrected chi connectivity index (χ1v) is 5.38. The van der Waals surface area contributed by atoms with Gasteiger partial charge in [0.2, 0.25) is 0 Å². The van der Waals surface area contributed by atoms with Crippen molar-refractivity contribution < 1.29 is 4.74 Å². The topological polar surface area (TPSA) is 39.4 Å². The quantitative estimate of drug-likeness (QED) is 0.758. The van der Waals surface area contributed by atoms with Gasteiger partial charge >= 0.3 is 0 Å². The summed E-state index contributed by atoms with van der Waals surface area (Å²) in [6.07, 6.45) is 3.61. The highest BCUT2D eigenvalue weighted by Crippen LogP contribution is 2.26. The summed E-state index contributed by atoms with van der Waals surface area (Å²) in [6, 6.07) is 7.67. The van der Waals surface area contributed by atoms with Crippen LogP contribution >= 0.6 is 0 Å². The van der Waals surface area contributed by atoms with Gasteiger partial charge in [0, 0.05) is 24.5 Å². The minimum atomic E-state index is 0.769. The van der Waals surface area contributed by atoms with Crippen LogP contribution in [0, 0.1) is 6.92 Å². The standard InChI is InChI=1S/C13H15N3O/c1-10-11(9-15-16(10)2)8-14-12-6-4-5-7-13(12)17-3/h4-9H,1-3H3/b14-8+. The maximum absolute atomic E-state index is 5.23. The number of aromatic nitrogens is 2. The summed E-state index contributed by atoms with van der Waals surface area (Å²) >= 11 is 0. The Labute approximate surface area is 101 Å². The van der Waals surface area contributed by atoms with Gasteiger partial charge in [0.25, 0.3) is 0 Å². The van der Waals surface area contributed by atoms with Gasteiger partial charge in [-0.25, -0.2) is 0 Å². The summed E-state index contributed by atoms with van der Waals surface area (Å²) in [5.41, 5.74) is 2.92. The van der Waals surface area contributed by atoms with Crippen LogP contribution in [-0.4, -0.2) is 23.1 Å². The zero-order valence-corrected chi connectivity index (χ0v) is 10.2. The Morgan fingerprint density at radius 2 is 2.12 bits per heavy atom. The van der Waals surface area contributed by atoms with E-state index in [1.807, 2.05) is 42.9 Å². The fourth-order valence-corrected chi connectivity index (χ4v) is 1.52. The number of ether oxygens (including phenoxy) is 1. The highest BCUT2D eigenvalue weighted by atomic mass is 16.5. The molecule has 17 heavy (non-hydrogen) atoms. The molecule has 1 aromatic heterocycles. The Balaban J connectivity index is 2.29. The molecule has 0 aliphatic heterocycles. The van der Waals surface area contributed by atoms with Crippen molar-refractivity contribution in [2.24, 2.45) is 12.0 Å². The van der Waals surface area contributed by atoms with Crippen molar-refractivity contribution in [3.8, 4) is 5.75 Å². The summed E-state index contributed by atoms with van der Waals surface area (Å²) in [6.45, 7) is 2.01. The van der Waals surface area contributed by atoms with E-state index in [2.05, 4.69) is 10.1 Å². The van der Waals surface area contributed by atoms with Crippen LogP contribution in [0.5, 0.6) is 5.75 Å². The van der Waals surface area contributed by atoms with Crippen molar-refractivity contribution in [1.29, 1.82) is 0 Å². The Morgan fingerprint density at radius 1 is 1.35 bits per heavy atom. The fraction of sp³-hybridized carbons (Fsp3) is 0.231. The highest BCUT2D eigenvalue weighted by Gasteiger charge is 2.01. The SMILES string of the molecule is COc1ccccc1/N=C/c1cnn(C)c1C. The summed E-state index contributed by atoms with van der Waals surface area (Å²) in [5.74, 6) is 0.769. The van der Waals surface area contributed by atoms with E-state index < -0.39 is 0 Å². The first-order valence-electron chi connectivity index (χ1n) is 5.38. The second kappa shape index (κ2) is 4.82. The third-order valence-electron chi connectivity index (χ3n) is 2.70. The molecule has 4 heteroatoms. The van der Waals surface area contributed by atoms with Crippen molar-refractivity contribution in [3.63, 3.8) is 0 Å². The molecule has 2 rings (SSSR count). The van der Waals surface area contributed by atoms with Crippen LogP contribution in [0.25, 0.3) is 0 Å². The molecule has 0 fully saturated rings. The van der Waals surface area contributed by atoms with E-state index >= 15 is 0 Å². The fourth-order valence-electron chi connectivity index (χ4n) is 1.52. The van der Waals surface area contributed by atoms with Gasteiger partial charge < -0.3 is 4.74 Å². The molecule has 0 N–H and O–H groups in total. The number of aliphatic imine (C=N–C) groups is 1. The number of para-hydroxylation sites is 2. The molecule has 88 valence electrons. The van der Waals surface area contributed by atoms with E-state index in [-0.39, 0.29) is 0 Å². The maximum atomic E-state index is 5.23. The number of aryl methyl sites for hydroxylation is 1. The van der Waals surface area contributed by atoms with Gasteiger partial charge in [-0.05, 0) is 19.1 Å².